The van der Waals surface area contributed by atoms with Gasteiger partial charge in [0.15, 0.2) is 11.5 Å². The third-order valence-electron chi connectivity index (χ3n) is 6.00. The fraction of sp³-hybridized carbons (Fsp3) is 0.292. The average molecular weight is 499 g/mol. The lowest BCUT2D eigenvalue weighted by atomic mass is 9.83. The number of hydrogen-bond acceptors (Lipinski definition) is 8. The topological polar surface area (TPSA) is 97.9 Å². The summed E-state index contributed by atoms with van der Waals surface area (Å²) >= 11 is 2.32. The van der Waals surface area contributed by atoms with Crippen molar-refractivity contribution in [2.75, 3.05) is 25.7 Å². The van der Waals surface area contributed by atoms with Gasteiger partial charge in [-0.25, -0.2) is 4.90 Å². The van der Waals surface area contributed by atoms with Crippen LogP contribution in [0, 0.1) is 5.92 Å². The molecule has 34 heavy (non-hydrogen) atoms. The van der Waals surface area contributed by atoms with Crippen LogP contribution >= 0.6 is 23.1 Å². The molecule has 10 heteroatoms. The van der Waals surface area contributed by atoms with Gasteiger partial charge in [0.05, 0.1) is 37.5 Å². The average Bonchev–Trinajstić information content (AvgIpc) is 3.34. The van der Waals surface area contributed by atoms with Gasteiger partial charge in [-0.1, -0.05) is 29.2 Å². The number of fused-ring (bicyclic) bond motifs is 2. The summed E-state index contributed by atoms with van der Waals surface area (Å²) in [5.74, 6) is 0.000280. The van der Waals surface area contributed by atoms with Gasteiger partial charge in [-0.3, -0.25) is 14.4 Å². The molecule has 3 heterocycles. The number of carbonyl (C=O) groups excluding carboxylic acids is 2. The largest absolute Gasteiger partial charge is 0.494 e. The minimum absolute atomic E-state index is 0.216. The molecule has 2 aliphatic rings. The molecule has 0 saturated carbocycles. The molecule has 176 valence electrons. The Kier molecular flexibility index (Phi) is 5.86. The lowest BCUT2D eigenvalue weighted by Crippen LogP contribution is -2.32. The SMILES string of the molecule is CCOc1ccc(N2C(=O)[C@H]3[C@@H](c4ccc(OC)c(OC)c4)c4sc(=O)[nH]c4S[C@@H]3C2=O)cc1. The van der Waals surface area contributed by atoms with Crippen LogP contribution in [0.4, 0.5) is 5.69 Å². The van der Waals surface area contributed by atoms with E-state index in [1.807, 2.05) is 19.1 Å². The van der Waals surface area contributed by atoms with Crippen LogP contribution in [0.25, 0.3) is 0 Å². The molecule has 5 rings (SSSR count). The zero-order chi connectivity index (χ0) is 24.0. The zero-order valence-electron chi connectivity index (χ0n) is 18.7. The molecule has 1 N–H and O–H groups in total. The van der Waals surface area contributed by atoms with Crippen molar-refractivity contribution in [1.29, 1.82) is 0 Å². The summed E-state index contributed by atoms with van der Waals surface area (Å²) in [5, 5.41) is -0.0272. The van der Waals surface area contributed by atoms with E-state index in [-0.39, 0.29) is 16.7 Å². The fourth-order valence-electron chi connectivity index (χ4n) is 4.53. The summed E-state index contributed by atoms with van der Waals surface area (Å²) in [6.07, 6.45) is 0. The number of imide groups is 1. The van der Waals surface area contributed by atoms with E-state index in [1.54, 1.807) is 44.6 Å². The number of nitrogens with zero attached hydrogens (tertiary/aromatic N) is 1. The second-order valence-electron chi connectivity index (χ2n) is 7.80. The summed E-state index contributed by atoms with van der Waals surface area (Å²) in [7, 11) is 3.09. The summed E-state index contributed by atoms with van der Waals surface area (Å²) in [6, 6.07) is 12.3. The van der Waals surface area contributed by atoms with Gasteiger partial charge in [0.25, 0.3) is 0 Å². The molecule has 0 spiro atoms. The Morgan fingerprint density at radius 3 is 2.38 bits per heavy atom. The molecule has 0 radical (unpaired) electrons. The molecule has 1 saturated heterocycles. The van der Waals surface area contributed by atoms with Crippen molar-refractivity contribution in [1.82, 2.24) is 4.98 Å². The summed E-state index contributed by atoms with van der Waals surface area (Å²) in [5.41, 5.74) is 1.27. The van der Waals surface area contributed by atoms with Gasteiger partial charge in [-0.15, -0.1) is 0 Å². The van der Waals surface area contributed by atoms with E-state index in [2.05, 4.69) is 4.98 Å². The molecule has 2 amide bonds. The number of nitrogens with one attached hydrogen (secondary N) is 1. The van der Waals surface area contributed by atoms with E-state index in [0.29, 0.717) is 34.6 Å². The van der Waals surface area contributed by atoms with E-state index < -0.39 is 17.1 Å². The number of carbonyl (C=O) groups is 2. The molecule has 0 bridgehead atoms. The molecule has 2 aromatic carbocycles. The Bertz CT molecular complexity index is 1320. The molecular weight excluding hydrogens is 476 g/mol. The fourth-order valence-corrected chi connectivity index (χ4v) is 7.05. The third kappa shape index (κ3) is 3.57. The number of anilines is 1. The first-order valence-electron chi connectivity index (χ1n) is 10.7. The molecule has 1 aromatic heterocycles. The van der Waals surface area contributed by atoms with Gasteiger partial charge in [-0.05, 0) is 48.9 Å². The van der Waals surface area contributed by atoms with Crippen molar-refractivity contribution in [2.24, 2.45) is 5.92 Å². The molecule has 0 aliphatic carbocycles. The number of aromatic nitrogens is 1. The molecule has 3 aromatic rings. The molecule has 3 atom stereocenters. The summed E-state index contributed by atoms with van der Waals surface area (Å²) < 4.78 is 16.3. The number of rotatable bonds is 6. The maximum absolute atomic E-state index is 13.8. The number of benzene rings is 2. The Hall–Kier alpha value is -3.24. The van der Waals surface area contributed by atoms with Crippen molar-refractivity contribution in [3.63, 3.8) is 0 Å². The zero-order valence-corrected chi connectivity index (χ0v) is 20.3. The molecule has 8 nitrogen and oxygen atoms in total. The van der Waals surface area contributed by atoms with Crippen LogP contribution in [0.15, 0.2) is 52.3 Å². The highest BCUT2D eigenvalue weighted by Crippen LogP contribution is 2.53. The van der Waals surface area contributed by atoms with Gasteiger partial charge in [0, 0.05) is 10.8 Å². The first kappa shape index (κ1) is 22.5. The van der Waals surface area contributed by atoms with E-state index in [9.17, 15) is 14.4 Å². The third-order valence-corrected chi connectivity index (χ3v) is 8.40. The number of methoxy groups -OCH3 is 2. The monoisotopic (exact) mass is 498 g/mol. The second-order valence-corrected chi connectivity index (χ2v) is 9.97. The number of thiazole rings is 1. The first-order chi connectivity index (χ1) is 16.5. The summed E-state index contributed by atoms with van der Waals surface area (Å²) in [6.45, 7) is 2.41. The minimum atomic E-state index is -0.666. The number of H-pyrrole nitrogens is 1. The number of hydrogen-bond donors (Lipinski definition) is 1. The Morgan fingerprint density at radius 1 is 0.971 bits per heavy atom. The smallest absolute Gasteiger partial charge is 0.305 e. The van der Waals surface area contributed by atoms with Gasteiger partial charge >= 0.3 is 4.87 Å². The van der Waals surface area contributed by atoms with Crippen LogP contribution in [0.1, 0.15) is 23.3 Å². The predicted molar refractivity (Wildman–Crippen MR) is 130 cm³/mol. The quantitative estimate of drug-likeness (QED) is 0.518. The standard InChI is InChI=1S/C24H22N2O6S2/c1-4-32-14-8-6-13(7-9-14)26-22(27)18-17(12-5-10-15(30-2)16(11-12)31-3)19-21(25-24(29)34-19)33-20(18)23(26)28/h5-11,17-18,20H,4H2,1-3H3,(H,25,29)/t17-,18+,20+/m1/s1. The van der Waals surface area contributed by atoms with Gasteiger partial charge < -0.3 is 19.2 Å². The molecule has 0 unspecified atom stereocenters. The van der Waals surface area contributed by atoms with Crippen LogP contribution in [0.3, 0.4) is 0 Å². The molecular formula is C24H22N2O6S2. The maximum Gasteiger partial charge on any atom is 0.305 e. The Morgan fingerprint density at radius 2 is 1.71 bits per heavy atom. The van der Waals surface area contributed by atoms with Gasteiger partial charge in [0.1, 0.15) is 11.0 Å². The highest BCUT2D eigenvalue weighted by molar-refractivity contribution is 8.00. The first-order valence-corrected chi connectivity index (χ1v) is 12.4. The van der Waals surface area contributed by atoms with Crippen LogP contribution in [-0.4, -0.2) is 42.9 Å². The number of thioether (sulfide) groups is 1. The van der Waals surface area contributed by atoms with Crippen molar-refractivity contribution in [3.8, 4) is 17.2 Å². The number of aromatic amines is 1. The summed E-state index contributed by atoms with van der Waals surface area (Å²) in [4.78, 5) is 44.1. The Balaban J connectivity index is 1.60. The maximum atomic E-state index is 13.8. The highest BCUT2D eigenvalue weighted by Gasteiger charge is 2.56. The van der Waals surface area contributed by atoms with Crippen molar-refractivity contribution < 1.29 is 23.8 Å². The van der Waals surface area contributed by atoms with Crippen LogP contribution in [-0.2, 0) is 9.59 Å². The lowest BCUT2D eigenvalue weighted by Gasteiger charge is -2.30. The normalized spacial score (nSPS) is 21.3. The van der Waals surface area contributed by atoms with Crippen LogP contribution < -0.4 is 24.0 Å². The van der Waals surface area contributed by atoms with E-state index in [1.165, 1.54) is 16.7 Å². The van der Waals surface area contributed by atoms with Gasteiger partial charge in [0.2, 0.25) is 11.8 Å². The highest BCUT2D eigenvalue weighted by atomic mass is 32.2. The lowest BCUT2D eigenvalue weighted by molar-refractivity contribution is -0.122. The molecule has 1 fully saturated rings. The van der Waals surface area contributed by atoms with Crippen molar-refractivity contribution >= 4 is 40.6 Å². The predicted octanol–water partition coefficient (Wildman–Crippen LogP) is 3.65. The van der Waals surface area contributed by atoms with Crippen LogP contribution in [0.5, 0.6) is 17.2 Å². The van der Waals surface area contributed by atoms with E-state index in [4.69, 9.17) is 14.2 Å². The van der Waals surface area contributed by atoms with Crippen molar-refractivity contribution in [3.05, 3.63) is 62.6 Å². The number of ether oxygens (including phenoxy) is 3. The van der Waals surface area contributed by atoms with Crippen LogP contribution in [0.2, 0.25) is 0 Å². The van der Waals surface area contributed by atoms with E-state index in [0.717, 1.165) is 21.8 Å². The minimum Gasteiger partial charge on any atom is -0.494 e. The number of amides is 2. The second kappa shape index (κ2) is 8.84. The Labute approximate surface area is 203 Å². The van der Waals surface area contributed by atoms with Gasteiger partial charge in [-0.2, -0.15) is 0 Å². The molecule has 2 aliphatic heterocycles. The van der Waals surface area contributed by atoms with Crippen molar-refractivity contribution in [2.45, 2.75) is 23.1 Å². The van der Waals surface area contributed by atoms with E-state index >= 15 is 0 Å².